The molecule has 2 aliphatic carbocycles. The maximum Gasteiger partial charge on any atom is 0.118 e. The maximum absolute atomic E-state index is 11.0. The van der Waals surface area contributed by atoms with Gasteiger partial charge in [0.2, 0.25) is 0 Å². The Bertz CT molecular complexity index is 1180. The lowest BCUT2D eigenvalue weighted by molar-refractivity contribution is 0.147. The van der Waals surface area contributed by atoms with Crippen LogP contribution in [0, 0.1) is 17.2 Å². The van der Waals surface area contributed by atoms with E-state index in [0.717, 1.165) is 17.7 Å². The van der Waals surface area contributed by atoms with Crippen LogP contribution in [-0.4, -0.2) is 20.3 Å². The Hall–Kier alpha value is -3.09. The summed E-state index contributed by atoms with van der Waals surface area (Å²) >= 11 is 0. The Morgan fingerprint density at radius 2 is 1.60 bits per heavy atom. The minimum absolute atomic E-state index is 0.108. The smallest absolute Gasteiger partial charge is 0.118 e. The molecule has 3 aromatic carbocycles. The molecule has 4 atom stereocenters. The molecule has 1 saturated carbocycles. The molecule has 0 bridgehead atoms. The molecule has 1 heterocycles. The van der Waals surface area contributed by atoms with Crippen LogP contribution in [-0.2, 0) is 15.6 Å². The van der Waals surface area contributed by atoms with Gasteiger partial charge in [-0.25, -0.2) is 0 Å². The average Bonchev–Trinajstić information content (AvgIpc) is 3.35. The highest BCUT2D eigenvalue weighted by molar-refractivity contribution is 5.81. The number of methoxy groups -OCH3 is 1. The fraction of sp³-hybridized carbons (Fsp3) is 0.296. The second-order valence-corrected chi connectivity index (χ2v) is 8.76. The highest BCUT2D eigenvalue weighted by Gasteiger charge is 2.71. The molecule has 148 valence electrons. The molecule has 0 aromatic heterocycles. The van der Waals surface area contributed by atoms with Crippen molar-refractivity contribution in [1.82, 2.24) is 0 Å². The number of nitrogens with zero attached hydrogens (tertiary/aromatic N) is 1. The molecule has 0 N–H and O–H groups in total. The van der Waals surface area contributed by atoms with E-state index in [-0.39, 0.29) is 11.3 Å². The van der Waals surface area contributed by atoms with Crippen molar-refractivity contribution in [1.29, 1.82) is 5.26 Å². The van der Waals surface area contributed by atoms with Crippen LogP contribution < -0.4 is 4.74 Å². The topological polar surface area (TPSA) is 42.2 Å². The quantitative estimate of drug-likeness (QED) is 0.600. The fourth-order valence-corrected chi connectivity index (χ4v) is 6.67. The number of fused-ring (bicyclic) bond motifs is 4. The lowest BCUT2D eigenvalue weighted by Crippen LogP contribution is -2.52. The molecule has 3 aliphatic rings. The van der Waals surface area contributed by atoms with Crippen molar-refractivity contribution in [2.45, 2.75) is 23.2 Å². The van der Waals surface area contributed by atoms with Crippen molar-refractivity contribution in [2.75, 3.05) is 20.3 Å². The lowest BCUT2D eigenvalue weighted by Gasteiger charge is -2.49. The first-order valence-electron chi connectivity index (χ1n) is 10.6. The summed E-state index contributed by atoms with van der Waals surface area (Å²) in [5, 5.41) is 11.0. The molecule has 0 amide bonds. The second-order valence-electron chi connectivity index (χ2n) is 8.76. The van der Waals surface area contributed by atoms with Gasteiger partial charge in [0.15, 0.2) is 0 Å². The summed E-state index contributed by atoms with van der Waals surface area (Å²) in [6.07, 6.45) is 0.947. The standard InChI is InChI=1S/C27H23NO2/c1-29-20-12-10-18(11-13-20)25-14-19-15-30-17-27(19)24-9-5-3-7-22(24)21-6-2-4-8-23(21)26(25,27)16-28/h2-13,19,25H,14-15,17H2,1H3/t19-,25?,26+,27+/m1/s1. The van der Waals surface area contributed by atoms with E-state index in [1.807, 2.05) is 12.1 Å². The van der Waals surface area contributed by atoms with Crippen LogP contribution in [0.3, 0.4) is 0 Å². The van der Waals surface area contributed by atoms with Crippen LogP contribution >= 0.6 is 0 Å². The van der Waals surface area contributed by atoms with Gasteiger partial charge < -0.3 is 9.47 Å². The third-order valence-electron chi connectivity index (χ3n) is 7.84. The predicted molar refractivity (Wildman–Crippen MR) is 116 cm³/mol. The van der Waals surface area contributed by atoms with Gasteiger partial charge in [-0.3, -0.25) is 0 Å². The van der Waals surface area contributed by atoms with Crippen LogP contribution in [0.5, 0.6) is 5.75 Å². The highest BCUT2D eigenvalue weighted by Crippen LogP contribution is 2.70. The number of benzene rings is 3. The van der Waals surface area contributed by atoms with Crippen molar-refractivity contribution in [3.63, 3.8) is 0 Å². The number of ether oxygens (including phenoxy) is 2. The van der Waals surface area contributed by atoms with Crippen LogP contribution in [0.2, 0.25) is 0 Å². The number of rotatable bonds is 2. The minimum Gasteiger partial charge on any atom is -0.497 e. The zero-order chi connectivity index (χ0) is 20.3. The molecule has 0 radical (unpaired) electrons. The molecule has 1 aliphatic heterocycles. The lowest BCUT2D eigenvalue weighted by atomic mass is 9.50. The van der Waals surface area contributed by atoms with Gasteiger partial charge in [0.25, 0.3) is 0 Å². The number of nitriles is 1. The molecule has 3 nitrogen and oxygen atoms in total. The zero-order valence-electron chi connectivity index (χ0n) is 17.0. The van der Waals surface area contributed by atoms with E-state index >= 15 is 0 Å². The Kier molecular flexibility index (Phi) is 3.67. The van der Waals surface area contributed by atoms with Crippen LogP contribution in [0.25, 0.3) is 11.1 Å². The third kappa shape index (κ3) is 1.93. The van der Waals surface area contributed by atoms with Gasteiger partial charge in [0.1, 0.15) is 11.2 Å². The van der Waals surface area contributed by atoms with Gasteiger partial charge in [-0.15, -0.1) is 0 Å². The van der Waals surface area contributed by atoms with Gasteiger partial charge >= 0.3 is 0 Å². The van der Waals surface area contributed by atoms with E-state index < -0.39 is 5.41 Å². The Morgan fingerprint density at radius 3 is 2.30 bits per heavy atom. The molecule has 1 spiro atoms. The molecular formula is C27H23NO2. The van der Waals surface area contributed by atoms with Gasteiger partial charge in [0.05, 0.1) is 26.4 Å². The van der Waals surface area contributed by atoms with Gasteiger partial charge in [-0.05, 0) is 52.3 Å². The van der Waals surface area contributed by atoms with E-state index in [1.54, 1.807) is 7.11 Å². The summed E-state index contributed by atoms with van der Waals surface area (Å²) in [5.41, 5.74) is 5.10. The SMILES string of the molecule is COc1ccc(C2C[C@@H]3COC[C@@]34c3ccccc3-c3ccccc3[C@@]24C#N)cc1. The van der Waals surface area contributed by atoms with Crippen molar-refractivity contribution < 1.29 is 9.47 Å². The second kappa shape index (κ2) is 6.20. The fourth-order valence-electron chi connectivity index (χ4n) is 6.67. The first kappa shape index (κ1) is 17.7. The zero-order valence-corrected chi connectivity index (χ0v) is 17.0. The number of hydrogen-bond acceptors (Lipinski definition) is 3. The summed E-state index contributed by atoms with van der Waals surface area (Å²) < 4.78 is 11.5. The van der Waals surface area contributed by atoms with E-state index in [2.05, 4.69) is 66.7 Å². The molecule has 2 fully saturated rings. The summed E-state index contributed by atoms with van der Waals surface area (Å²) in [7, 11) is 1.69. The Balaban J connectivity index is 1.68. The average molecular weight is 393 g/mol. The van der Waals surface area contributed by atoms with Gasteiger partial charge in [-0.1, -0.05) is 60.7 Å². The Morgan fingerprint density at radius 1 is 0.933 bits per heavy atom. The minimum atomic E-state index is -0.659. The van der Waals surface area contributed by atoms with Crippen molar-refractivity contribution in [2.24, 2.45) is 5.92 Å². The summed E-state index contributed by atoms with van der Waals surface area (Å²) in [5.74, 6) is 1.27. The summed E-state index contributed by atoms with van der Waals surface area (Å²) in [6, 6.07) is 28.4. The molecule has 30 heavy (non-hydrogen) atoms. The Labute approximate surface area is 176 Å². The van der Waals surface area contributed by atoms with E-state index in [4.69, 9.17) is 9.47 Å². The molecule has 1 unspecified atom stereocenters. The maximum atomic E-state index is 11.0. The van der Waals surface area contributed by atoms with Crippen molar-refractivity contribution in [3.8, 4) is 22.9 Å². The first-order valence-corrected chi connectivity index (χ1v) is 10.6. The summed E-state index contributed by atoms with van der Waals surface area (Å²) in [4.78, 5) is 0. The van der Waals surface area contributed by atoms with Crippen molar-refractivity contribution >= 4 is 0 Å². The number of hydrogen-bond donors (Lipinski definition) is 0. The van der Waals surface area contributed by atoms with E-state index in [9.17, 15) is 5.26 Å². The van der Waals surface area contributed by atoms with Crippen LogP contribution in [0.1, 0.15) is 29.0 Å². The molecular weight excluding hydrogens is 370 g/mol. The van der Waals surface area contributed by atoms with Gasteiger partial charge in [0, 0.05) is 11.3 Å². The first-order chi connectivity index (χ1) is 14.8. The third-order valence-corrected chi connectivity index (χ3v) is 7.84. The largest absolute Gasteiger partial charge is 0.497 e. The normalized spacial score (nSPS) is 30.5. The van der Waals surface area contributed by atoms with Crippen LogP contribution in [0.4, 0.5) is 0 Å². The van der Waals surface area contributed by atoms with Crippen LogP contribution in [0.15, 0.2) is 72.8 Å². The molecule has 3 aromatic rings. The molecule has 3 heteroatoms. The van der Waals surface area contributed by atoms with Gasteiger partial charge in [-0.2, -0.15) is 5.26 Å². The van der Waals surface area contributed by atoms with E-state index in [0.29, 0.717) is 19.1 Å². The van der Waals surface area contributed by atoms with Crippen molar-refractivity contribution in [3.05, 3.63) is 89.5 Å². The predicted octanol–water partition coefficient (Wildman–Crippen LogP) is 5.21. The van der Waals surface area contributed by atoms with E-state index in [1.165, 1.54) is 22.3 Å². The molecule has 6 rings (SSSR count). The summed E-state index contributed by atoms with van der Waals surface area (Å²) in [6.45, 7) is 1.32. The molecule has 1 saturated heterocycles. The monoisotopic (exact) mass is 393 g/mol. The highest BCUT2D eigenvalue weighted by atomic mass is 16.5.